The Hall–Kier alpha value is -2.08. The van der Waals surface area contributed by atoms with E-state index in [9.17, 15) is 9.90 Å². The molecule has 0 bridgehead atoms. The lowest BCUT2D eigenvalue weighted by molar-refractivity contribution is -0.117. The van der Waals surface area contributed by atoms with Crippen molar-refractivity contribution < 1.29 is 9.90 Å². The molecule has 6 heteroatoms. The molecule has 0 aliphatic carbocycles. The number of phenols is 1. The summed E-state index contributed by atoms with van der Waals surface area (Å²) in [6, 6.07) is 8.76. The van der Waals surface area contributed by atoms with E-state index in [2.05, 4.69) is 16.2 Å². The smallest absolute Gasteiger partial charge is 0.242 e. The van der Waals surface area contributed by atoms with Gasteiger partial charge >= 0.3 is 0 Å². The van der Waals surface area contributed by atoms with Crippen molar-refractivity contribution in [3.8, 4) is 5.75 Å². The number of phenolic OH excluding ortho intramolecular Hbond substituents is 1. The summed E-state index contributed by atoms with van der Waals surface area (Å²) < 4.78 is 0. The molecule has 2 unspecified atom stereocenters. The number of aryl methyl sites for hydroxylation is 3. The van der Waals surface area contributed by atoms with E-state index in [0.29, 0.717) is 17.1 Å². The van der Waals surface area contributed by atoms with Gasteiger partial charge in [0, 0.05) is 16.3 Å². The van der Waals surface area contributed by atoms with Gasteiger partial charge in [0.05, 0.1) is 6.04 Å². The number of carbonyl (C=O) groups is 1. The molecule has 1 aliphatic rings. The number of nitrogens with one attached hydrogen (secondary N) is 3. The fourth-order valence-corrected chi connectivity index (χ4v) is 3.31. The minimum Gasteiger partial charge on any atom is -0.507 e. The van der Waals surface area contributed by atoms with Crippen molar-refractivity contribution in [1.82, 2.24) is 10.9 Å². The maximum atomic E-state index is 12.6. The molecule has 0 spiro atoms. The number of hydrogen-bond donors (Lipinski definition) is 4. The van der Waals surface area contributed by atoms with Gasteiger partial charge in [0.25, 0.3) is 0 Å². The molecule has 1 heterocycles. The molecular formula is C19H22ClN3O2. The highest BCUT2D eigenvalue weighted by Crippen LogP contribution is 2.33. The second-order valence-corrected chi connectivity index (χ2v) is 7.03. The largest absolute Gasteiger partial charge is 0.507 e. The van der Waals surface area contributed by atoms with Crippen molar-refractivity contribution in [3.63, 3.8) is 0 Å². The van der Waals surface area contributed by atoms with E-state index >= 15 is 0 Å². The van der Waals surface area contributed by atoms with Crippen LogP contribution in [0.15, 0.2) is 30.3 Å². The molecule has 2 atom stereocenters. The molecule has 1 aliphatic heterocycles. The van der Waals surface area contributed by atoms with E-state index in [1.165, 1.54) is 0 Å². The quantitative estimate of drug-likeness (QED) is 0.676. The Labute approximate surface area is 152 Å². The van der Waals surface area contributed by atoms with E-state index in [1.54, 1.807) is 12.1 Å². The number of hydrazine groups is 1. The summed E-state index contributed by atoms with van der Waals surface area (Å²) in [5.74, 6) is 0.140. The third kappa shape index (κ3) is 3.79. The van der Waals surface area contributed by atoms with Gasteiger partial charge in [-0.05, 0) is 50.5 Å². The molecule has 3 rings (SSSR count). The highest BCUT2D eigenvalue weighted by molar-refractivity contribution is 6.31. The number of carbonyl (C=O) groups excluding carboxylic acids is 1. The minimum atomic E-state index is -0.399. The normalized spacial score (nSPS) is 19.8. The lowest BCUT2D eigenvalue weighted by Crippen LogP contribution is -2.39. The summed E-state index contributed by atoms with van der Waals surface area (Å²) in [6.07, 6.45) is 0.544. The molecule has 4 N–H and O–H groups in total. The van der Waals surface area contributed by atoms with E-state index in [0.717, 1.165) is 22.3 Å². The van der Waals surface area contributed by atoms with E-state index in [1.807, 2.05) is 39.0 Å². The SMILES string of the molecule is Cc1cc(C)c(O)c(C2CC(C(=O)Nc3cc(Cl)ccc3C)NN2)c1. The molecule has 0 radical (unpaired) electrons. The van der Waals surface area contributed by atoms with Gasteiger partial charge in [-0.3, -0.25) is 4.79 Å². The van der Waals surface area contributed by atoms with Gasteiger partial charge in [-0.15, -0.1) is 0 Å². The molecular weight excluding hydrogens is 338 g/mol. The van der Waals surface area contributed by atoms with Crippen molar-refractivity contribution in [1.29, 1.82) is 0 Å². The maximum Gasteiger partial charge on any atom is 0.242 e. The molecule has 25 heavy (non-hydrogen) atoms. The van der Waals surface area contributed by atoms with Crippen LogP contribution in [0.5, 0.6) is 5.75 Å². The number of rotatable bonds is 3. The number of halogens is 1. The minimum absolute atomic E-state index is 0.130. The van der Waals surface area contributed by atoms with E-state index < -0.39 is 6.04 Å². The fourth-order valence-electron chi connectivity index (χ4n) is 3.14. The zero-order chi connectivity index (χ0) is 18.1. The summed E-state index contributed by atoms with van der Waals surface area (Å²) in [7, 11) is 0. The summed E-state index contributed by atoms with van der Waals surface area (Å²) >= 11 is 6.00. The van der Waals surface area contributed by atoms with Gasteiger partial charge in [-0.2, -0.15) is 0 Å². The summed E-state index contributed by atoms with van der Waals surface area (Å²) in [4.78, 5) is 12.6. The summed E-state index contributed by atoms with van der Waals surface area (Å²) in [5.41, 5.74) is 10.5. The second kappa shape index (κ2) is 7.04. The summed E-state index contributed by atoms with van der Waals surface area (Å²) in [6.45, 7) is 5.79. The number of amides is 1. The average molecular weight is 360 g/mol. The highest BCUT2D eigenvalue weighted by Gasteiger charge is 2.32. The Kier molecular flexibility index (Phi) is 4.99. The van der Waals surface area contributed by atoms with Crippen LogP contribution in [0.25, 0.3) is 0 Å². The van der Waals surface area contributed by atoms with Crippen molar-refractivity contribution in [3.05, 3.63) is 57.6 Å². The van der Waals surface area contributed by atoms with Gasteiger partial charge in [0.2, 0.25) is 5.91 Å². The average Bonchev–Trinajstić information content (AvgIpc) is 3.04. The fraction of sp³-hybridized carbons (Fsp3) is 0.316. The first kappa shape index (κ1) is 17.7. The van der Waals surface area contributed by atoms with Gasteiger partial charge in [-0.1, -0.05) is 35.4 Å². The van der Waals surface area contributed by atoms with E-state index in [-0.39, 0.29) is 17.7 Å². The molecule has 2 aromatic carbocycles. The van der Waals surface area contributed by atoms with Crippen molar-refractivity contribution in [2.75, 3.05) is 5.32 Å². The van der Waals surface area contributed by atoms with Crippen LogP contribution in [0.1, 0.15) is 34.7 Å². The zero-order valence-corrected chi connectivity index (χ0v) is 15.2. The number of aromatic hydroxyl groups is 1. The molecule has 132 valence electrons. The predicted molar refractivity (Wildman–Crippen MR) is 99.8 cm³/mol. The standard InChI is InChI=1S/C19H22ClN3O2/c1-10-6-12(3)18(24)14(7-10)16-9-17(23-22-16)19(25)21-15-8-13(20)5-4-11(15)2/h4-8,16-17,22-24H,9H2,1-3H3,(H,21,25). The molecule has 0 aromatic heterocycles. The Morgan fingerprint density at radius 3 is 2.68 bits per heavy atom. The molecule has 2 aromatic rings. The Balaban J connectivity index is 1.72. The van der Waals surface area contributed by atoms with Crippen molar-refractivity contribution in [2.45, 2.75) is 39.3 Å². The van der Waals surface area contributed by atoms with Crippen LogP contribution in [0.3, 0.4) is 0 Å². The monoisotopic (exact) mass is 359 g/mol. The molecule has 1 fully saturated rings. The lowest BCUT2D eigenvalue weighted by atomic mass is 9.96. The third-order valence-corrected chi connectivity index (χ3v) is 4.76. The Morgan fingerprint density at radius 1 is 1.16 bits per heavy atom. The third-order valence-electron chi connectivity index (χ3n) is 4.53. The van der Waals surface area contributed by atoms with Crippen molar-refractivity contribution >= 4 is 23.2 Å². The van der Waals surface area contributed by atoms with Crippen LogP contribution < -0.4 is 16.2 Å². The zero-order valence-electron chi connectivity index (χ0n) is 14.5. The molecule has 1 saturated heterocycles. The predicted octanol–water partition coefficient (Wildman–Crippen LogP) is 3.52. The lowest BCUT2D eigenvalue weighted by Gasteiger charge is -2.15. The first-order chi connectivity index (χ1) is 11.8. The first-order valence-corrected chi connectivity index (χ1v) is 8.61. The Bertz CT molecular complexity index is 823. The maximum absolute atomic E-state index is 12.6. The molecule has 0 saturated carbocycles. The van der Waals surface area contributed by atoms with Gasteiger partial charge in [0.15, 0.2) is 0 Å². The van der Waals surface area contributed by atoms with Crippen LogP contribution >= 0.6 is 11.6 Å². The van der Waals surface area contributed by atoms with Crippen molar-refractivity contribution in [2.24, 2.45) is 0 Å². The van der Waals surface area contributed by atoms with Gasteiger partial charge < -0.3 is 10.4 Å². The second-order valence-electron chi connectivity index (χ2n) is 6.60. The number of benzene rings is 2. The summed E-state index contributed by atoms with van der Waals surface area (Å²) in [5, 5.41) is 13.8. The van der Waals surface area contributed by atoms with Gasteiger partial charge in [0.1, 0.15) is 11.8 Å². The van der Waals surface area contributed by atoms with Gasteiger partial charge in [-0.25, -0.2) is 10.9 Å². The first-order valence-electron chi connectivity index (χ1n) is 8.23. The highest BCUT2D eigenvalue weighted by atomic mass is 35.5. The molecule has 1 amide bonds. The Morgan fingerprint density at radius 2 is 1.92 bits per heavy atom. The van der Waals surface area contributed by atoms with Crippen LogP contribution in [-0.2, 0) is 4.79 Å². The number of anilines is 1. The van der Waals surface area contributed by atoms with E-state index in [4.69, 9.17) is 11.6 Å². The van der Waals surface area contributed by atoms with Crippen LogP contribution in [0.2, 0.25) is 5.02 Å². The topological polar surface area (TPSA) is 73.4 Å². The number of hydrogen-bond acceptors (Lipinski definition) is 4. The van der Waals surface area contributed by atoms with Crippen LogP contribution in [-0.4, -0.2) is 17.1 Å². The van der Waals surface area contributed by atoms with Crippen LogP contribution in [0.4, 0.5) is 5.69 Å². The molecule has 5 nitrogen and oxygen atoms in total. The van der Waals surface area contributed by atoms with Crippen LogP contribution in [0, 0.1) is 20.8 Å².